The number of amides is 1. The number of aliphatic hydroxyl groups is 1. The predicted molar refractivity (Wildman–Crippen MR) is 109 cm³/mol. The Hall–Kier alpha value is -3.71. The van der Waals surface area contributed by atoms with Crippen molar-refractivity contribution < 1.29 is 14.8 Å². The number of nitro benzene ring substituents is 1. The number of anilines is 2. The summed E-state index contributed by atoms with van der Waals surface area (Å²) in [7, 11) is 0. The quantitative estimate of drug-likeness (QED) is 0.456. The van der Waals surface area contributed by atoms with Gasteiger partial charge in [0.1, 0.15) is 0 Å². The maximum absolute atomic E-state index is 13.0. The number of nitrogens with zero attached hydrogens (tertiary/aromatic N) is 1. The minimum absolute atomic E-state index is 0.00420. The summed E-state index contributed by atoms with van der Waals surface area (Å²) in [5.41, 5.74) is 3.57. The predicted octanol–water partition coefficient (Wildman–Crippen LogP) is 3.73. The number of carbonyl (C=O) groups is 1. The minimum atomic E-state index is -0.675. The SMILES string of the molecule is O=C(NC1c2ccccc2CC1O)c1ccccc1Nc1ccc([N+](=O)[O-])cc1. The second kappa shape index (κ2) is 7.73. The number of para-hydroxylation sites is 1. The first kappa shape index (κ1) is 18.6. The van der Waals surface area contributed by atoms with Crippen LogP contribution in [0.25, 0.3) is 0 Å². The average molecular weight is 389 g/mol. The molecule has 3 N–H and O–H groups in total. The van der Waals surface area contributed by atoms with Crippen molar-refractivity contribution in [3.8, 4) is 0 Å². The molecule has 0 fully saturated rings. The Morgan fingerprint density at radius 1 is 1.00 bits per heavy atom. The van der Waals surface area contributed by atoms with E-state index in [-0.39, 0.29) is 11.6 Å². The number of non-ortho nitro benzene ring substituents is 1. The van der Waals surface area contributed by atoms with Gasteiger partial charge in [0.25, 0.3) is 11.6 Å². The van der Waals surface area contributed by atoms with E-state index in [0.29, 0.717) is 23.4 Å². The van der Waals surface area contributed by atoms with Gasteiger partial charge >= 0.3 is 0 Å². The molecule has 4 rings (SSSR count). The summed E-state index contributed by atoms with van der Waals surface area (Å²) in [6.07, 6.45) is -0.171. The summed E-state index contributed by atoms with van der Waals surface area (Å²) in [4.78, 5) is 23.3. The Bertz CT molecular complexity index is 1070. The van der Waals surface area contributed by atoms with Gasteiger partial charge in [-0.25, -0.2) is 0 Å². The van der Waals surface area contributed by atoms with Crippen LogP contribution in [0.5, 0.6) is 0 Å². The van der Waals surface area contributed by atoms with Crippen LogP contribution < -0.4 is 10.6 Å². The molecule has 7 heteroatoms. The second-order valence-corrected chi connectivity index (χ2v) is 6.90. The molecule has 0 saturated carbocycles. The van der Waals surface area contributed by atoms with Crippen molar-refractivity contribution in [3.05, 3.63) is 99.6 Å². The average Bonchev–Trinajstić information content (AvgIpc) is 3.04. The molecule has 7 nitrogen and oxygen atoms in total. The maximum Gasteiger partial charge on any atom is 0.269 e. The van der Waals surface area contributed by atoms with Gasteiger partial charge in [-0.15, -0.1) is 0 Å². The van der Waals surface area contributed by atoms with Crippen molar-refractivity contribution in [2.24, 2.45) is 0 Å². The normalized spacial score (nSPS) is 17.4. The molecule has 0 saturated heterocycles. The van der Waals surface area contributed by atoms with Crippen LogP contribution in [-0.2, 0) is 6.42 Å². The van der Waals surface area contributed by atoms with E-state index in [1.54, 1.807) is 36.4 Å². The molecular weight excluding hydrogens is 370 g/mol. The van der Waals surface area contributed by atoms with E-state index >= 15 is 0 Å². The monoisotopic (exact) mass is 389 g/mol. The van der Waals surface area contributed by atoms with Gasteiger partial charge in [-0.3, -0.25) is 14.9 Å². The van der Waals surface area contributed by atoms with Crippen LogP contribution in [0.3, 0.4) is 0 Å². The fraction of sp³-hybridized carbons (Fsp3) is 0.136. The first-order chi connectivity index (χ1) is 14.0. The topological polar surface area (TPSA) is 104 Å². The van der Waals surface area contributed by atoms with Crippen molar-refractivity contribution in [2.45, 2.75) is 18.6 Å². The molecule has 0 bridgehead atoms. The third-order valence-corrected chi connectivity index (χ3v) is 5.02. The van der Waals surface area contributed by atoms with E-state index < -0.39 is 17.1 Å². The van der Waals surface area contributed by atoms with Crippen LogP contribution in [0, 0.1) is 10.1 Å². The van der Waals surface area contributed by atoms with Gasteiger partial charge in [0.05, 0.1) is 28.3 Å². The molecule has 3 aromatic rings. The van der Waals surface area contributed by atoms with Crippen LogP contribution in [0.4, 0.5) is 17.1 Å². The molecule has 1 amide bonds. The fourth-order valence-electron chi connectivity index (χ4n) is 3.58. The molecule has 146 valence electrons. The number of hydrogen-bond acceptors (Lipinski definition) is 5. The summed E-state index contributed by atoms with van der Waals surface area (Å²) in [5.74, 6) is -0.309. The van der Waals surface area contributed by atoms with Crippen LogP contribution >= 0.6 is 0 Å². The maximum atomic E-state index is 13.0. The van der Waals surface area contributed by atoms with Gasteiger partial charge in [0.2, 0.25) is 0 Å². The molecule has 0 radical (unpaired) electrons. The molecule has 2 unspecified atom stereocenters. The van der Waals surface area contributed by atoms with Gasteiger partial charge in [-0.1, -0.05) is 36.4 Å². The molecule has 1 aliphatic rings. The number of aliphatic hydroxyl groups excluding tert-OH is 1. The lowest BCUT2D eigenvalue weighted by molar-refractivity contribution is -0.384. The van der Waals surface area contributed by atoms with Gasteiger partial charge < -0.3 is 15.7 Å². The van der Waals surface area contributed by atoms with Crippen molar-refractivity contribution in [2.75, 3.05) is 5.32 Å². The molecule has 0 aromatic heterocycles. The van der Waals surface area contributed by atoms with Crippen molar-refractivity contribution in [1.29, 1.82) is 0 Å². The zero-order valence-corrected chi connectivity index (χ0v) is 15.4. The molecule has 29 heavy (non-hydrogen) atoms. The number of rotatable bonds is 5. The van der Waals surface area contributed by atoms with E-state index in [0.717, 1.165) is 11.1 Å². The Balaban J connectivity index is 1.55. The minimum Gasteiger partial charge on any atom is -0.390 e. The molecule has 0 spiro atoms. The van der Waals surface area contributed by atoms with Crippen molar-refractivity contribution >= 4 is 23.0 Å². The smallest absolute Gasteiger partial charge is 0.269 e. The van der Waals surface area contributed by atoms with E-state index in [2.05, 4.69) is 10.6 Å². The standard InChI is InChI=1S/C22H19N3O4/c26-20-13-14-5-1-2-6-17(14)21(20)24-22(27)18-7-3-4-8-19(18)23-15-9-11-16(12-10-15)25(28)29/h1-12,20-21,23,26H,13H2,(H,24,27). The number of fused-ring (bicyclic) bond motifs is 1. The molecule has 3 aromatic carbocycles. The van der Waals surface area contributed by atoms with Gasteiger partial charge in [0.15, 0.2) is 0 Å². The first-order valence-corrected chi connectivity index (χ1v) is 9.20. The van der Waals surface area contributed by atoms with Gasteiger partial charge in [-0.05, 0) is 35.4 Å². The molecular formula is C22H19N3O4. The summed E-state index contributed by atoms with van der Waals surface area (Å²) in [5, 5.41) is 27.3. The van der Waals surface area contributed by atoms with Gasteiger partial charge in [-0.2, -0.15) is 0 Å². The molecule has 0 heterocycles. The van der Waals surface area contributed by atoms with Crippen LogP contribution in [-0.4, -0.2) is 22.0 Å². The van der Waals surface area contributed by atoms with Crippen LogP contribution in [0.15, 0.2) is 72.8 Å². The highest BCUT2D eigenvalue weighted by molar-refractivity contribution is 6.00. The molecule has 0 aliphatic heterocycles. The number of benzene rings is 3. The number of carbonyl (C=O) groups excluding carboxylic acids is 1. The Labute approximate surface area is 167 Å². The second-order valence-electron chi connectivity index (χ2n) is 6.90. The summed E-state index contributed by atoms with van der Waals surface area (Å²) in [6, 6.07) is 20.2. The van der Waals surface area contributed by atoms with E-state index in [9.17, 15) is 20.0 Å². The number of hydrogen-bond donors (Lipinski definition) is 3. The Morgan fingerprint density at radius 2 is 1.69 bits per heavy atom. The Kier molecular flexibility index (Phi) is 4.97. The molecule has 2 atom stereocenters. The van der Waals surface area contributed by atoms with Crippen molar-refractivity contribution in [1.82, 2.24) is 5.32 Å². The lowest BCUT2D eigenvalue weighted by Crippen LogP contribution is -2.34. The highest BCUT2D eigenvalue weighted by atomic mass is 16.6. The fourth-order valence-corrected chi connectivity index (χ4v) is 3.58. The van der Waals surface area contributed by atoms with Crippen LogP contribution in [0.2, 0.25) is 0 Å². The van der Waals surface area contributed by atoms with E-state index in [1.807, 2.05) is 24.3 Å². The highest BCUT2D eigenvalue weighted by Gasteiger charge is 2.32. The van der Waals surface area contributed by atoms with E-state index in [4.69, 9.17) is 0 Å². The third-order valence-electron chi connectivity index (χ3n) is 5.02. The summed E-state index contributed by atoms with van der Waals surface area (Å²) in [6.45, 7) is 0. The third kappa shape index (κ3) is 3.81. The van der Waals surface area contributed by atoms with Crippen LogP contribution in [0.1, 0.15) is 27.5 Å². The van der Waals surface area contributed by atoms with E-state index in [1.165, 1.54) is 12.1 Å². The summed E-state index contributed by atoms with van der Waals surface area (Å²) < 4.78 is 0. The highest BCUT2D eigenvalue weighted by Crippen LogP contribution is 2.32. The zero-order chi connectivity index (χ0) is 20.4. The lowest BCUT2D eigenvalue weighted by atomic mass is 10.1. The Morgan fingerprint density at radius 3 is 2.45 bits per heavy atom. The largest absolute Gasteiger partial charge is 0.390 e. The molecule has 1 aliphatic carbocycles. The van der Waals surface area contributed by atoms with Crippen molar-refractivity contribution in [3.63, 3.8) is 0 Å². The number of nitro groups is 1. The summed E-state index contributed by atoms with van der Waals surface area (Å²) >= 11 is 0. The van der Waals surface area contributed by atoms with Gasteiger partial charge in [0, 0.05) is 24.2 Å². The lowest BCUT2D eigenvalue weighted by Gasteiger charge is -2.19. The zero-order valence-electron chi connectivity index (χ0n) is 15.4. The first-order valence-electron chi connectivity index (χ1n) is 9.20. The number of nitrogens with one attached hydrogen (secondary N) is 2.